The van der Waals surface area contributed by atoms with Crippen LogP contribution in [0, 0.1) is 13.8 Å². The smallest absolute Gasteiger partial charge is 0.227 e. The van der Waals surface area contributed by atoms with Crippen LogP contribution in [0.2, 0.25) is 0 Å². The first kappa shape index (κ1) is 11.8. The highest BCUT2D eigenvalue weighted by molar-refractivity contribution is 5.99. The van der Waals surface area contributed by atoms with Crippen molar-refractivity contribution < 1.29 is 9.59 Å². The first-order valence-electron chi connectivity index (χ1n) is 5.81. The van der Waals surface area contributed by atoms with Gasteiger partial charge in [0.15, 0.2) is 0 Å². The lowest BCUT2D eigenvalue weighted by Crippen LogP contribution is -2.45. The van der Waals surface area contributed by atoms with Gasteiger partial charge in [-0.2, -0.15) is 0 Å². The molecule has 1 N–H and O–H groups in total. The summed E-state index contributed by atoms with van der Waals surface area (Å²) in [4.78, 5) is 23.1. The van der Waals surface area contributed by atoms with Crippen LogP contribution in [0.3, 0.4) is 0 Å². The second-order valence-corrected chi connectivity index (χ2v) is 5.20. The van der Waals surface area contributed by atoms with Gasteiger partial charge in [-0.15, -0.1) is 0 Å². The molecule has 1 aromatic carbocycles. The van der Waals surface area contributed by atoms with Crippen LogP contribution in [-0.4, -0.2) is 11.8 Å². The highest BCUT2D eigenvalue weighted by Crippen LogP contribution is 2.36. The first-order valence-corrected chi connectivity index (χ1v) is 5.81. The summed E-state index contributed by atoms with van der Waals surface area (Å²) in [5, 5.41) is 2.36. The molecule has 0 aromatic heterocycles. The largest absolute Gasteiger partial charge is 0.296 e. The van der Waals surface area contributed by atoms with Gasteiger partial charge >= 0.3 is 0 Å². The molecule has 1 aliphatic rings. The Labute approximate surface area is 101 Å². The van der Waals surface area contributed by atoms with Gasteiger partial charge in [-0.05, 0) is 25.0 Å². The minimum atomic E-state index is -0.366. The third-order valence-electron chi connectivity index (χ3n) is 3.42. The predicted octanol–water partition coefficient (Wildman–Crippen LogP) is 2.00. The molecule has 0 atom stereocenters. The maximum atomic E-state index is 11.5. The van der Waals surface area contributed by atoms with Crippen molar-refractivity contribution in [3.05, 3.63) is 34.9 Å². The van der Waals surface area contributed by atoms with Crippen LogP contribution in [0.15, 0.2) is 18.2 Å². The highest BCUT2D eigenvalue weighted by atomic mass is 16.2. The summed E-state index contributed by atoms with van der Waals surface area (Å²) in [5.74, 6) is -0.352. The molecule has 1 heterocycles. The number of rotatable bonds is 1. The Kier molecular flexibility index (Phi) is 2.77. The van der Waals surface area contributed by atoms with Gasteiger partial charge < -0.3 is 0 Å². The number of carbonyl (C=O) groups excluding carboxylic acids is 2. The van der Waals surface area contributed by atoms with Crippen molar-refractivity contribution in [2.24, 2.45) is 0 Å². The number of imide groups is 1. The van der Waals surface area contributed by atoms with Gasteiger partial charge in [-0.1, -0.05) is 30.7 Å². The number of aryl methyl sites for hydroxylation is 2. The summed E-state index contributed by atoms with van der Waals surface area (Å²) in [6, 6.07) is 6.18. The second kappa shape index (κ2) is 3.99. The molecule has 0 saturated carbocycles. The summed E-state index contributed by atoms with van der Waals surface area (Å²) >= 11 is 0. The van der Waals surface area contributed by atoms with Gasteiger partial charge in [0.25, 0.3) is 0 Å². The Morgan fingerprint density at radius 1 is 1.12 bits per heavy atom. The lowest BCUT2D eigenvalue weighted by molar-refractivity contribution is -0.135. The monoisotopic (exact) mass is 231 g/mol. The highest BCUT2D eigenvalue weighted by Gasteiger charge is 2.37. The molecular formula is C14H17NO2. The van der Waals surface area contributed by atoms with Gasteiger partial charge in [0.05, 0.1) is 0 Å². The van der Waals surface area contributed by atoms with Crippen LogP contribution in [0.1, 0.15) is 36.5 Å². The molecule has 3 nitrogen and oxygen atoms in total. The molecular weight excluding hydrogens is 214 g/mol. The van der Waals surface area contributed by atoms with Crippen molar-refractivity contribution in [1.82, 2.24) is 5.32 Å². The zero-order valence-corrected chi connectivity index (χ0v) is 10.5. The van der Waals surface area contributed by atoms with Crippen LogP contribution < -0.4 is 5.32 Å². The van der Waals surface area contributed by atoms with Crippen molar-refractivity contribution >= 4 is 11.8 Å². The van der Waals surface area contributed by atoms with Crippen molar-refractivity contribution in [1.29, 1.82) is 0 Å². The molecule has 0 bridgehead atoms. The minimum Gasteiger partial charge on any atom is -0.296 e. The predicted molar refractivity (Wildman–Crippen MR) is 65.7 cm³/mol. The fourth-order valence-corrected chi connectivity index (χ4v) is 2.59. The maximum absolute atomic E-state index is 11.5. The average Bonchev–Trinajstić information content (AvgIpc) is 2.19. The van der Waals surface area contributed by atoms with Crippen molar-refractivity contribution in [2.45, 2.75) is 39.0 Å². The maximum Gasteiger partial charge on any atom is 0.227 e. The Hall–Kier alpha value is -1.64. The molecule has 17 heavy (non-hydrogen) atoms. The molecule has 1 fully saturated rings. The number of carbonyl (C=O) groups is 2. The van der Waals surface area contributed by atoms with E-state index in [0.717, 1.165) is 16.7 Å². The second-order valence-electron chi connectivity index (χ2n) is 5.20. The van der Waals surface area contributed by atoms with Crippen LogP contribution >= 0.6 is 0 Å². The summed E-state index contributed by atoms with van der Waals surface area (Å²) in [6.45, 7) is 6.04. The van der Waals surface area contributed by atoms with E-state index >= 15 is 0 Å². The number of piperidine rings is 1. The van der Waals surface area contributed by atoms with E-state index in [1.165, 1.54) is 0 Å². The number of nitrogens with one attached hydrogen (secondary N) is 1. The van der Waals surface area contributed by atoms with E-state index in [1.54, 1.807) is 0 Å². The molecule has 3 heteroatoms. The van der Waals surface area contributed by atoms with E-state index in [1.807, 2.05) is 32.9 Å². The van der Waals surface area contributed by atoms with Crippen LogP contribution in [0.25, 0.3) is 0 Å². The molecule has 90 valence electrons. The molecule has 0 spiro atoms. The summed E-state index contributed by atoms with van der Waals surface area (Å²) < 4.78 is 0. The van der Waals surface area contributed by atoms with Crippen molar-refractivity contribution in [3.63, 3.8) is 0 Å². The lowest BCUT2D eigenvalue weighted by Gasteiger charge is -2.34. The van der Waals surface area contributed by atoms with Crippen molar-refractivity contribution in [2.75, 3.05) is 0 Å². The van der Waals surface area contributed by atoms with Crippen LogP contribution in [0.5, 0.6) is 0 Å². The van der Waals surface area contributed by atoms with Gasteiger partial charge in [0.2, 0.25) is 11.8 Å². The standard InChI is InChI=1S/C14H17NO2/c1-9-4-5-10(2)11(6-9)14(3)7-12(16)15-13(17)8-14/h4-6H,7-8H2,1-3H3,(H,15,16,17). The topological polar surface area (TPSA) is 46.2 Å². The summed E-state index contributed by atoms with van der Waals surface area (Å²) in [7, 11) is 0. The van der Waals surface area contributed by atoms with Gasteiger partial charge in [-0.25, -0.2) is 0 Å². The quantitative estimate of drug-likeness (QED) is 0.751. The molecule has 2 amide bonds. The van der Waals surface area contributed by atoms with E-state index in [4.69, 9.17) is 0 Å². The van der Waals surface area contributed by atoms with E-state index in [2.05, 4.69) is 11.4 Å². The third kappa shape index (κ3) is 2.23. The zero-order chi connectivity index (χ0) is 12.6. The van der Waals surface area contributed by atoms with Crippen molar-refractivity contribution in [3.8, 4) is 0 Å². The molecule has 2 rings (SSSR count). The van der Waals surface area contributed by atoms with E-state index < -0.39 is 0 Å². The Morgan fingerprint density at radius 2 is 1.71 bits per heavy atom. The third-order valence-corrected chi connectivity index (χ3v) is 3.42. The number of amides is 2. The number of benzene rings is 1. The summed E-state index contributed by atoms with van der Waals surface area (Å²) in [5.41, 5.74) is 3.04. The Balaban J connectivity index is 2.46. The Bertz CT molecular complexity index is 475. The fraction of sp³-hybridized carbons (Fsp3) is 0.429. The average molecular weight is 231 g/mol. The van der Waals surface area contributed by atoms with Crippen LogP contribution in [-0.2, 0) is 15.0 Å². The zero-order valence-electron chi connectivity index (χ0n) is 10.5. The van der Waals surface area contributed by atoms with Gasteiger partial charge in [0.1, 0.15) is 0 Å². The molecule has 0 aliphatic carbocycles. The van der Waals surface area contributed by atoms with E-state index in [0.29, 0.717) is 12.8 Å². The van der Waals surface area contributed by atoms with Gasteiger partial charge in [-0.3, -0.25) is 14.9 Å². The number of hydrogen-bond acceptors (Lipinski definition) is 2. The molecule has 0 unspecified atom stereocenters. The summed E-state index contributed by atoms with van der Waals surface area (Å²) in [6.07, 6.45) is 0.756. The lowest BCUT2D eigenvalue weighted by atomic mass is 9.72. The molecule has 0 radical (unpaired) electrons. The number of hydrogen-bond donors (Lipinski definition) is 1. The van der Waals surface area contributed by atoms with E-state index in [-0.39, 0.29) is 17.2 Å². The van der Waals surface area contributed by atoms with Gasteiger partial charge in [0, 0.05) is 18.3 Å². The minimum absolute atomic E-state index is 0.176. The molecule has 1 saturated heterocycles. The Morgan fingerprint density at radius 3 is 2.29 bits per heavy atom. The normalized spacial score (nSPS) is 19.0. The first-order chi connectivity index (χ1) is 7.90. The van der Waals surface area contributed by atoms with E-state index in [9.17, 15) is 9.59 Å². The van der Waals surface area contributed by atoms with Crippen LogP contribution in [0.4, 0.5) is 0 Å². The SMILES string of the molecule is Cc1ccc(C)c(C2(C)CC(=O)NC(=O)C2)c1. The molecule has 1 aromatic rings. The molecule has 1 aliphatic heterocycles. The fourth-order valence-electron chi connectivity index (χ4n) is 2.59.